The van der Waals surface area contributed by atoms with Crippen LogP contribution in [0.4, 0.5) is 84.2 Å². The second-order valence-electron chi connectivity index (χ2n) is 29.2. The zero-order valence-electron chi connectivity index (χ0n) is 74.7. The molecule has 12 rings (SSSR count). The summed E-state index contributed by atoms with van der Waals surface area (Å²) in [7, 11) is -17.2. The van der Waals surface area contributed by atoms with Gasteiger partial charge < -0.3 is 35.8 Å². The largest absolute Gasteiger partial charge is 0.481 e. The van der Waals surface area contributed by atoms with E-state index in [-0.39, 0.29) is 148 Å². The number of nitrogens with one attached hydrogen (secondary N) is 12. The summed E-state index contributed by atoms with van der Waals surface area (Å²) in [5, 5.41) is 34.2. The van der Waals surface area contributed by atoms with Crippen molar-refractivity contribution in [3.05, 3.63) is 266 Å². The number of benzene rings is 7. The summed E-state index contributed by atoms with van der Waals surface area (Å²) >= 11 is 42.6. The number of nitrogens with zero attached hydrogens (tertiary/aromatic N) is 6. The molecule has 54 heteroatoms. The van der Waals surface area contributed by atoms with Crippen LogP contribution in [0.3, 0.4) is 0 Å². The number of amides is 6. The Labute approximate surface area is 876 Å². The fraction of sp³-hybridized carbons (Fsp3) is 0.275. The van der Waals surface area contributed by atoms with Gasteiger partial charge in [-0.1, -0.05) is 194 Å². The molecule has 145 heavy (non-hydrogen) atoms. The Morgan fingerprint density at radius 2 is 0.745 bits per heavy atom. The Hall–Kier alpha value is -12.1. The van der Waals surface area contributed by atoms with Gasteiger partial charge in [0.1, 0.15) is 22.2 Å². The van der Waals surface area contributed by atoms with Crippen molar-refractivity contribution in [2.45, 2.75) is 131 Å². The van der Waals surface area contributed by atoms with E-state index in [9.17, 15) is 92.8 Å². The van der Waals surface area contributed by atoms with E-state index in [1.54, 1.807) is 90.9 Å². The van der Waals surface area contributed by atoms with Gasteiger partial charge in [-0.15, -0.1) is 10.2 Å². The van der Waals surface area contributed by atoms with E-state index in [4.69, 9.17) is 90.5 Å². The van der Waals surface area contributed by atoms with Crippen molar-refractivity contribution in [3.63, 3.8) is 0 Å². The van der Waals surface area contributed by atoms with Crippen molar-refractivity contribution < 1.29 is 102 Å². The molecule has 5 aromatic heterocycles. The highest BCUT2D eigenvalue weighted by atomic mass is 35.5. The number of carbonyl (C=O) groups excluding carboxylic acids is 6. The van der Waals surface area contributed by atoms with Crippen molar-refractivity contribution in [1.82, 2.24) is 35.5 Å². The minimum Gasteiger partial charge on any atom is -0.481 e. The molecule has 0 bridgehead atoms. The van der Waals surface area contributed by atoms with Crippen molar-refractivity contribution in [2.24, 2.45) is 0 Å². The maximum atomic E-state index is 14.9. The van der Waals surface area contributed by atoms with Crippen LogP contribution in [0.25, 0.3) is 11.3 Å². The standard InChI is InChI=1S/C19H17Cl2FN4O3S2.C19H17Cl2FN4O3S.C17H18ClFN4O4S.C16H17ClFN3O4S.C15H17ClFN3O4S.5CH4/c1-2-9-31(28,29)26-14-8-7-13(21)16(17(14)22)18(27)23-19-25-24-15(30-19)10-11-3-5-12(20)6-4-11;1-2-9-30(28,29)26-14-8-7-13(21)17(18(14)22)19(27)23-16-10-15(24-25-16)11-3-5-12(20)6-4-11;1-3-8-28(26,27)23-13-6-5-12(18)15(16(13)19)17(25)22-11-4-7-14(20-9-11)21-10(2)24;1-3-8-26(23,24)21-12-6-5-11(17)14(15(12)18)16(22)20-10-4-7-13(25-2)19-9-10;1-4-7-25(22,23)20-11-6-5-10(16)12(13(11)17)15(21)18-14-8(2)19-24-9(14)3;;;;;/h3-8,26H,2,9-10H2,1H3,(H,23,25,27);3-8,10,26H,2,9H2,1H3,(H2,23,24,25,27);4-7,9,23H,3,8H2,1-2H3,(H,22,25)(H,20,21,24);4-7,9,21H,3,8H2,1-2H3,(H,20,22);5-6,20H,4,7H2,1-3H3,(H,18,21);5*1H4. The molecule has 6 amide bonds. The van der Waals surface area contributed by atoms with E-state index in [1.807, 2.05) is 12.1 Å². The van der Waals surface area contributed by atoms with E-state index in [1.165, 1.54) is 81.0 Å². The first kappa shape index (κ1) is 127. The number of sulfonamides is 5. The topological polar surface area (TPSA) is 521 Å². The SMILES string of the molecule is C.C.C.C.C.CCCS(=O)(=O)Nc1ccc(Cl)c(C(=O)Nc2c(C)noc2C)c1F.CCCS(=O)(=O)Nc1ccc(Cl)c(C(=O)Nc2cc(-c3ccc(Cl)cc3)[nH]n2)c1F.CCCS(=O)(=O)Nc1ccc(Cl)c(C(=O)Nc2ccc(NC(C)=O)nc2)c1F.CCCS(=O)(=O)Nc1ccc(Cl)c(C(=O)Nc2ccc(OC)nc2)c1F.CCCS(=O)(=O)Nc1ccc(Cl)c(C(=O)Nc2nnc(Cc3ccc(Cl)cc3)s2)c1F. The highest BCUT2D eigenvalue weighted by Crippen LogP contribution is 2.36. The second-order valence-corrected chi connectivity index (χ2v) is 42.4. The summed E-state index contributed by atoms with van der Waals surface area (Å²) in [6, 6.07) is 33.7. The van der Waals surface area contributed by atoms with E-state index in [0.717, 1.165) is 52.8 Å². The van der Waals surface area contributed by atoms with Crippen LogP contribution in [0.15, 0.2) is 156 Å². The maximum Gasteiger partial charge on any atom is 0.262 e. The summed E-state index contributed by atoms with van der Waals surface area (Å²) in [5.74, 6) is -9.75. The maximum absolute atomic E-state index is 14.9. The highest BCUT2D eigenvalue weighted by Gasteiger charge is 2.30. The summed E-state index contributed by atoms with van der Waals surface area (Å²) < 4.78 is 213. The third kappa shape index (κ3) is 37.7. The summed E-state index contributed by atoms with van der Waals surface area (Å²) in [6.45, 7) is 12.9. The van der Waals surface area contributed by atoms with E-state index >= 15 is 0 Å². The number of hydrogen-bond acceptors (Lipinski definition) is 25. The number of aryl methyl sites for hydroxylation is 2. The van der Waals surface area contributed by atoms with Crippen LogP contribution in [0.2, 0.25) is 35.2 Å². The fourth-order valence-electron chi connectivity index (χ4n) is 11.8. The van der Waals surface area contributed by atoms with E-state index in [0.29, 0.717) is 88.0 Å². The fourth-order valence-corrected chi connectivity index (χ4v) is 19.7. The average molecular weight is 2280 g/mol. The molecule has 12 aromatic rings. The van der Waals surface area contributed by atoms with E-state index < -0.39 is 137 Å². The molecule has 0 fully saturated rings. The molecule has 788 valence electrons. The van der Waals surface area contributed by atoms with E-state index in [2.05, 4.69) is 91.0 Å². The lowest BCUT2D eigenvalue weighted by atomic mass is 10.1. The number of methoxy groups -OCH3 is 1. The number of H-pyrrole nitrogens is 1. The molecule has 0 saturated carbocycles. The third-order valence-electron chi connectivity index (χ3n) is 18.0. The third-order valence-corrected chi connectivity index (χ3v) is 28.3. The van der Waals surface area contributed by atoms with Gasteiger partial charge in [0.05, 0.1) is 147 Å². The van der Waals surface area contributed by atoms with Gasteiger partial charge in [-0.2, -0.15) is 5.10 Å². The molecule has 0 atom stereocenters. The average Bonchev–Trinajstić information content (AvgIpc) is 1.79. The lowest BCUT2D eigenvalue weighted by molar-refractivity contribution is -0.114. The Morgan fingerprint density at radius 1 is 0.407 bits per heavy atom. The number of anilines is 11. The van der Waals surface area contributed by atoms with Gasteiger partial charge in [-0.05, 0) is 160 Å². The Kier molecular flexibility index (Phi) is 50.5. The van der Waals surface area contributed by atoms with Gasteiger partial charge >= 0.3 is 0 Å². The first-order valence-electron chi connectivity index (χ1n) is 41.0. The zero-order valence-corrected chi connectivity index (χ0v) is 84.9. The van der Waals surface area contributed by atoms with Gasteiger partial charge in [0, 0.05) is 35.5 Å². The second kappa shape index (κ2) is 57.7. The number of ether oxygens (including phenoxy) is 1. The van der Waals surface area contributed by atoms with Gasteiger partial charge in [-0.3, -0.25) is 62.8 Å². The van der Waals surface area contributed by atoms with Crippen LogP contribution in [0.5, 0.6) is 5.88 Å². The van der Waals surface area contributed by atoms with Gasteiger partial charge in [0.2, 0.25) is 67.0 Å². The number of aromatic nitrogens is 7. The Morgan fingerprint density at radius 3 is 1.06 bits per heavy atom. The van der Waals surface area contributed by atoms with Crippen LogP contribution in [0, 0.1) is 42.9 Å². The number of aromatic amines is 1. The Bertz CT molecular complexity index is 7130. The molecule has 36 nitrogen and oxygen atoms in total. The Balaban J connectivity index is 0.000000463. The molecule has 7 aromatic carbocycles. The molecule has 0 radical (unpaired) electrons. The van der Waals surface area contributed by atoms with Crippen molar-refractivity contribution in [2.75, 3.05) is 91.4 Å². The quantitative estimate of drug-likeness (QED) is 0.0164. The van der Waals surface area contributed by atoms with Crippen LogP contribution >= 0.6 is 92.5 Å². The van der Waals surface area contributed by atoms with Gasteiger partial charge in [0.25, 0.3) is 29.5 Å². The molecular weight excluding hydrogens is 2170 g/mol. The minimum absolute atomic E-state index is 0. The monoisotopic (exact) mass is 2270 g/mol. The predicted octanol–water partition coefficient (Wildman–Crippen LogP) is 23.1. The van der Waals surface area contributed by atoms with Crippen LogP contribution in [-0.4, -0.2) is 149 Å². The molecule has 0 unspecified atom stereocenters. The zero-order chi connectivity index (χ0) is 103. The molecule has 12 N–H and O–H groups in total. The number of rotatable bonds is 35. The molecule has 0 saturated heterocycles. The first-order valence-corrected chi connectivity index (χ1v) is 52.7. The molecular formula is C91H106Cl7F5N18O18S6. The minimum atomic E-state index is -3.75. The molecule has 0 aliphatic heterocycles. The molecule has 0 aliphatic carbocycles. The predicted molar refractivity (Wildman–Crippen MR) is 567 cm³/mol. The summed E-state index contributed by atoms with van der Waals surface area (Å²) in [6.07, 6.45) is 4.86. The first-order chi connectivity index (χ1) is 65.9. The molecule has 0 aliphatic rings. The smallest absolute Gasteiger partial charge is 0.262 e. The van der Waals surface area contributed by atoms with Crippen LogP contribution in [0.1, 0.15) is 185 Å². The number of halogens is 12. The van der Waals surface area contributed by atoms with Gasteiger partial charge in [-0.25, -0.2) is 74.0 Å². The lowest BCUT2D eigenvalue weighted by Crippen LogP contribution is -2.20. The summed E-state index contributed by atoms with van der Waals surface area (Å²) in [4.78, 5) is 81.3. The van der Waals surface area contributed by atoms with Crippen molar-refractivity contribution in [3.8, 4) is 17.1 Å². The number of hydrogen-bond donors (Lipinski definition) is 12. The van der Waals surface area contributed by atoms with Crippen molar-refractivity contribution in [1.29, 1.82) is 0 Å². The number of pyridine rings is 2. The van der Waals surface area contributed by atoms with Crippen LogP contribution in [-0.2, 0) is 61.3 Å². The normalized spacial score (nSPS) is 10.8. The van der Waals surface area contributed by atoms with Crippen LogP contribution < -0.4 is 60.2 Å². The molecule has 0 spiro atoms. The van der Waals surface area contributed by atoms with Crippen molar-refractivity contribution >= 4 is 240 Å². The van der Waals surface area contributed by atoms with Gasteiger partial charge in [0.15, 0.2) is 40.7 Å². The number of carbonyl (C=O) groups is 6. The summed E-state index contributed by atoms with van der Waals surface area (Å²) in [5.41, 5.74) is -0.637. The highest BCUT2D eigenvalue weighted by molar-refractivity contribution is 7.93. The molecule has 5 heterocycles. The lowest BCUT2D eigenvalue weighted by Gasteiger charge is -2.13.